The van der Waals surface area contributed by atoms with E-state index in [4.69, 9.17) is 15.2 Å². The van der Waals surface area contributed by atoms with Crippen LogP contribution in [0.2, 0.25) is 0 Å². The Bertz CT molecular complexity index is 832. The minimum Gasteiger partial charge on any atom is -0.395 e. The summed E-state index contributed by atoms with van der Waals surface area (Å²) in [6, 6.07) is 2.30. The average Bonchev–Trinajstić information content (AvgIpc) is 2.97. The van der Waals surface area contributed by atoms with Gasteiger partial charge in [-0.2, -0.15) is 0 Å². The molecule has 3 aliphatic heterocycles. The Kier molecular flexibility index (Phi) is 13.6. The third-order valence-corrected chi connectivity index (χ3v) is 8.58. The molecule has 0 unspecified atom stereocenters. The van der Waals surface area contributed by atoms with Crippen LogP contribution in [0.5, 0.6) is 0 Å². The summed E-state index contributed by atoms with van der Waals surface area (Å²) in [5.74, 6) is 1.12. The lowest BCUT2D eigenvalue weighted by atomic mass is 10.2. The van der Waals surface area contributed by atoms with Crippen molar-refractivity contribution in [3.8, 4) is 0 Å². The number of anilines is 2. The van der Waals surface area contributed by atoms with Crippen LogP contribution < -0.4 is 20.4 Å². The van der Waals surface area contributed by atoms with Gasteiger partial charge in [-0.3, -0.25) is 14.7 Å². The second-order valence-corrected chi connectivity index (χ2v) is 11.5. The van der Waals surface area contributed by atoms with Gasteiger partial charge in [0, 0.05) is 124 Å². The fourth-order valence-corrected chi connectivity index (χ4v) is 6.04. The fourth-order valence-electron chi connectivity index (χ4n) is 6.04. The predicted molar refractivity (Wildman–Crippen MR) is 164 cm³/mol. The maximum absolute atomic E-state index is 9.12. The van der Waals surface area contributed by atoms with Gasteiger partial charge >= 0.3 is 0 Å². The highest BCUT2D eigenvalue weighted by molar-refractivity contribution is 5.70. The molecule has 1 aromatic rings. The molecule has 0 atom stereocenters. The molecule has 0 saturated carbocycles. The predicted octanol–water partition coefficient (Wildman–Crippen LogP) is -1.19. The van der Waals surface area contributed by atoms with Crippen LogP contribution in [0.25, 0.3) is 0 Å². The minimum absolute atomic E-state index is 0.261. The van der Waals surface area contributed by atoms with Crippen molar-refractivity contribution < 1.29 is 10.2 Å². The van der Waals surface area contributed by atoms with Crippen LogP contribution in [0.15, 0.2) is 12.3 Å². The summed E-state index contributed by atoms with van der Waals surface area (Å²) in [4.78, 5) is 19.6. The van der Waals surface area contributed by atoms with E-state index in [0.29, 0.717) is 0 Å². The molecular weight excluding hydrogens is 506 g/mol. The van der Waals surface area contributed by atoms with Crippen molar-refractivity contribution in [2.24, 2.45) is 0 Å². The molecule has 0 aromatic carbocycles. The van der Waals surface area contributed by atoms with E-state index in [1.807, 2.05) is 6.20 Å². The molecule has 228 valence electrons. The highest BCUT2D eigenvalue weighted by atomic mass is 16.3. The highest BCUT2D eigenvalue weighted by Gasteiger charge is 2.24. The zero-order valence-electron chi connectivity index (χ0n) is 24.9. The molecule has 0 bridgehead atoms. The lowest BCUT2D eigenvalue weighted by molar-refractivity contribution is 0.112. The summed E-state index contributed by atoms with van der Waals surface area (Å²) >= 11 is 0. The highest BCUT2D eigenvalue weighted by Crippen LogP contribution is 2.31. The van der Waals surface area contributed by atoms with Gasteiger partial charge in [-0.25, -0.2) is 4.98 Å². The van der Waals surface area contributed by atoms with Gasteiger partial charge in [0.15, 0.2) is 5.82 Å². The molecule has 4 rings (SSSR count). The minimum atomic E-state index is 0.261. The summed E-state index contributed by atoms with van der Waals surface area (Å²) in [6.45, 7) is 23.3. The number of pyridine rings is 1. The molecule has 4 heterocycles. The molecule has 4 N–H and O–H groups in total. The Labute approximate surface area is 242 Å². The Morgan fingerprint density at radius 3 is 1.75 bits per heavy atom. The summed E-state index contributed by atoms with van der Waals surface area (Å²) in [5, 5.41) is 25.5. The van der Waals surface area contributed by atoms with Gasteiger partial charge in [0.25, 0.3) is 0 Å². The molecule has 1 aromatic heterocycles. The molecule has 2 saturated heterocycles. The van der Waals surface area contributed by atoms with E-state index < -0.39 is 0 Å². The first-order valence-electron chi connectivity index (χ1n) is 15.7. The second-order valence-electron chi connectivity index (χ2n) is 11.5. The molecule has 0 amide bonds. The van der Waals surface area contributed by atoms with Crippen LogP contribution in [0.1, 0.15) is 12.0 Å². The monoisotopic (exact) mass is 561 g/mol. The molecule has 11 nitrogen and oxygen atoms in total. The Balaban J connectivity index is 1.10. The zero-order valence-corrected chi connectivity index (χ0v) is 24.9. The standard InChI is InChI=1S/C29H55N9O2/c1-27-25-28-29(32-26-27)38(10-6-31-4-8-34-13-17-36(18-14-34)22-24-40)20-19-37(28)9-5-30-3-2-7-33-11-15-35(16-12-33)21-23-39/h25-26,30-31,39-40H,2-24H2,1H3. The first kappa shape index (κ1) is 31.4. The third kappa shape index (κ3) is 10.1. The molecule has 11 heteroatoms. The van der Waals surface area contributed by atoms with Crippen molar-refractivity contribution in [3.05, 3.63) is 17.8 Å². The Hall–Kier alpha value is -1.57. The normalized spacial score (nSPS) is 19.9. The summed E-state index contributed by atoms with van der Waals surface area (Å²) < 4.78 is 0. The van der Waals surface area contributed by atoms with Crippen LogP contribution in [-0.2, 0) is 0 Å². The SMILES string of the molecule is Cc1cnc2c(c1)N(CCNCCCN1CCN(CCO)CC1)CCN2CCNCCN1CCN(CCO)CC1. The zero-order chi connectivity index (χ0) is 28.0. The number of hydrogen-bond acceptors (Lipinski definition) is 11. The van der Waals surface area contributed by atoms with Crippen molar-refractivity contribution in [2.75, 3.05) is 154 Å². The first-order valence-corrected chi connectivity index (χ1v) is 15.7. The van der Waals surface area contributed by atoms with Crippen molar-refractivity contribution in [2.45, 2.75) is 13.3 Å². The third-order valence-electron chi connectivity index (χ3n) is 8.58. The van der Waals surface area contributed by atoms with E-state index in [0.717, 1.165) is 137 Å². The van der Waals surface area contributed by atoms with Crippen molar-refractivity contribution >= 4 is 11.5 Å². The number of rotatable bonds is 17. The topological polar surface area (TPSA) is 96.8 Å². The number of aromatic nitrogens is 1. The number of aryl methyl sites for hydroxylation is 1. The van der Waals surface area contributed by atoms with Gasteiger partial charge in [0.05, 0.1) is 18.9 Å². The fraction of sp³-hybridized carbons (Fsp3) is 0.828. The summed E-state index contributed by atoms with van der Waals surface area (Å²) in [7, 11) is 0. The van der Waals surface area contributed by atoms with Gasteiger partial charge in [-0.15, -0.1) is 0 Å². The largest absolute Gasteiger partial charge is 0.395 e. The Morgan fingerprint density at radius 2 is 1.12 bits per heavy atom. The van der Waals surface area contributed by atoms with Crippen LogP contribution in [0, 0.1) is 6.92 Å². The molecule has 0 radical (unpaired) electrons. The molecule has 40 heavy (non-hydrogen) atoms. The second kappa shape index (κ2) is 17.4. The van der Waals surface area contributed by atoms with E-state index in [2.05, 4.69) is 53.0 Å². The number of fused-ring (bicyclic) bond motifs is 1. The van der Waals surface area contributed by atoms with Gasteiger partial charge in [0.1, 0.15) is 0 Å². The number of nitrogens with one attached hydrogen (secondary N) is 2. The van der Waals surface area contributed by atoms with E-state index in [-0.39, 0.29) is 13.2 Å². The van der Waals surface area contributed by atoms with Crippen LogP contribution in [0.4, 0.5) is 11.5 Å². The maximum Gasteiger partial charge on any atom is 0.152 e. The van der Waals surface area contributed by atoms with Gasteiger partial charge < -0.3 is 35.5 Å². The smallest absolute Gasteiger partial charge is 0.152 e. The van der Waals surface area contributed by atoms with Crippen molar-refractivity contribution in [1.82, 2.24) is 35.2 Å². The van der Waals surface area contributed by atoms with Crippen molar-refractivity contribution in [3.63, 3.8) is 0 Å². The summed E-state index contributed by atoms with van der Waals surface area (Å²) in [6.07, 6.45) is 3.18. The Morgan fingerprint density at radius 1 is 0.625 bits per heavy atom. The van der Waals surface area contributed by atoms with E-state index in [1.165, 1.54) is 17.7 Å². The number of nitrogens with zero attached hydrogens (tertiary/aromatic N) is 7. The first-order chi connectivity index (χ1) is 19.7. The number of hydrogen-bond donors (Lipinski definition) is 4. The van der Waals surface area contributed by atoms with Gasteiger partial charge in [-0.05, 0) is 38.1 Å². The van der Waals surface area contributed by atoms with Crippen LogP contribution in [0.3, 0.4) is 0 Å². The molecule has 0 aliphatic carbocycles. The van der Waals surface area contributed by atoms with Gasteiger partial charge in [0.2, 0.25) is 0 Å². The lowest BCUT2D eigenvalue weighted by Crippen LogP contribution is -2.49. The van der Waals surface area contributed by atoms with Crippen LogP contribution in [-0.4, -0.2) is 179 Å². The molecule has 2 fully saturated rings. The molecular formula is C29H55N9O2. The summed E-state index contributed by atoms with van der Waals surface area (Å²) in [5.41, 5.74) is 2.49. The average molecular weight is 562 g/mol. The number of piperazine rings is 2. The number of β-amino-alcohol motifs (C(OH)–C–C–N with tert-alkyl or cyclic N) is 2. The quantitative estimate of drug-likeness (QED) is 0.173. The molecule has 3 aliphatic rings. The number of aliphatic hydroxyl groups excluding tert-OH is 2. The van der Waals surface area contributed by atoms with E-state index in [1.54, 1.807) is 0 Å². The van der Waals surface area contributed by atoms with Crippen molar-refractivity contribution in [1.29, 1.82) is 0 Å². The van der Waals surface area contributed by atoms with E-state index in [9.17, 15) is 0 Å². The van der Waals surface area contributed by atoms with E-state index >= 15 is 0 Å². The molecule has 0 spiro atoms. The number of aliphatic hydroxyl groups is 2. The van der Waals surface area contributed by atoms with Gasteiger partial charge in [-0.1, -0.05) is 0 Å². The maximum atomic E-state index is 9.12. The van der Waals surface area contributed by atoms with Crippen LogP contribution >= 0.6 is 0 Å². The lowest BCUT2D eigenvalue weighted by Gasteiger charge is -2.38.